The van der Waals surface area contributed by atoms with E-state index in [1.54, 1.807) is 7.11 Å². The number of rotatable bonds is 9. The van der Waals surface area contributed by atoms with Gasteiger partial charge in [0.05, 0.1) is 7.11 Å². The molecule has 2 aromatic carbocycles. The second-order valence-electron chi connectivity index (χ2n) is 6.58. The second-order valence-corrected chi connectivity index (χ2v) is 6.58. The fourth-order valence-corrected chi connectivity index (χ4v) is 2.48. The Balaban J connectivity index is 2.03. The van der Waals surface area contributed by atoms with Crippen molar-refractivity contribution in [2.24, 2.45) is 5.92 Å². The number of nitrogens with one attached hydrogen (secondary N) is 1. The summed E-state index contributed by atoms with van der Waals surface area (Å²) in [5.74, 6) is 2.32. The van der Waals surface area contributed by atoms with Crippen molar-refractivity contribution in [1.82, 2.24) is 5.32 Å². The zero-order valence-electron chi connectivity index (χ0n) is 15.3. The maximum Gasteiger partial charge on any atom is 0.166 e. The van der Waals surface area contributed by atoms with Crippen molar-refractivity contribution in [3.63, 3.8) is 0 Å². The van der Waals surface area contributed by atoms with Gasteiger partial charge in [-0.2, -0.15) is 0 Å². The molecule has 0 atom stereocenters. The number of methoxy groups -OCH3 is 1. The maximum absolute atomic E-state index is 6.10. The van der Waals surface area contributed by atoms with Gasteiger partial charge in [0.1, 0.15) is 6.61 Å². The Morgan fingerprint density at radius 3 is 2.46 bits per heavy atom. The topological polar surface area (TPSA) is 30.5 Å². The molecular weight excluding hydrogens is 298 g/mol. The Morgan fingerprint density at radius 2 is 1.79 bits per heavy atom. The number of hydrogen-bond donors (Lipinski definition) is 1. The largest absolute Gasteiger partial charge is 0.493 e. The number of para-hydroxylation sites is 1. The van der Waals surface area contributed by atoms with E-state index >= 15 is 0 Å². The number of hydrogen-bond acceptors (Lipinski definition) is 3. The van der Waals surface area contributed by atoms with Gasteiger partial charge in [0.25, 0.3) is 0 Å². The lowest BCUT2D eigenvalue weighted by Crippen LogP contribution is -2.17. The lowest BCUT2D eigenvalue weighted by molar-refractivity contribution is 0.280. The van der Waals surface area contributed by atoms with Crippen molar-refractivity contribution in [2.75, 3.05) is 13.7 Å². The summed E-state index contributed by atoms with van der Waals surface area (Å²) in [5, 5.41) is 3.49. The van der Waals surface area contributed by atoms with Gasteiger partial charge in [0, 0.05) is 12.1 Å². The van der Waals surface area contributed by atoms with Crippen LogP contribution in [0.3, 0.4) is 0 Å². The van der Waals surface area contributed by atoms with Crippen LogP contribution in [0, 0.1) is 12.8 Å². The summed E-state index contributed by atoms with van der Waals surface area (Å²) >= 11 is 0. The highest BCUT2D eigenvalue weighted by Crippen LogP contribution is 2.31. The Morgan fingerprint density at radius 1 is 1.04 bits per heavy atom. The molecule has 2 rings (SSSR count). The monoisotopic (exact) mass is 327 g/mol. The van der Waals surface area contributed by atoms with Crippen LogP contribution in [0.25, 0.3) is 0 Å². The fraction of sp³-hybridized carbons (Fsp3) is 0.429. The van der Waals surface area contributed by atoms with E-state index < -0.39 is 0 Å². The van der Waals surface area contributed by atoms with Gasteiger partial charge in [-0.15, -0.1) is 0 Å². The summed E-state index contributed by atoms with van der Waals surface area (Å²) in [4.78, 5) is 0. The summed E-state index contributed by atoms with van der Waals surface area (Å²) in [7, 11) is 1.68. The molecule has 0 amide bonds. The normalized spacial score (nSPS) is 10.9. The lowest BCUT2D eigenvalue weighted by Gasteiger charge is -2.16. The van der Waals surface area contributed by atoms with Crippen LogP contribution in [-0.2, 0) is 13.2 Å². The minimum absolute atomic E-state index is 0.541. The molecule has 0 saturated heterocycles. The SMILES string of the molecule is COc1cccc(CNCCC(C)C)c1OCc1ccc(C)cc1. The molecule has 0 aliphatic heterocycles. The zero-order chi connectivity index (χ0) is 17.4. The van der Waals surface area contributed by atoms with Gasteiger partial charge >= 0.3 is 0 Å². The molecule has 0 unspecified atom stereocenters. The molecule has 0 saturated carbocycles. The van der Waals surface area contributed by atoms with E-state index in [1.165, 1.54) is 12.0 Å². The van der Waals surface area contributed by atoms with Gasteiger partial charge in [-0.1, -0.05) is 55.8 Å². The smallest absolute Gasteiger partial charge is 0.166 e. The first-order valence-corrected chi connectivity index (χ1v) is 8.65. The maximum atomic E-state index is 6.10. The average Bonchev–Trinajstić information content (AvgIpc) is 2.58. The van der Waals surface area contributed by atoms with E-state index in [4.69, 9.17) is 9.47 Å². The second kappa shape index (κ2) is 9.33. The van der Waals surface area contributed by atoms with Crippen LogP contribution in [0.4, 0.5) is 0 Å². The Bertz CT molecular complexity index is 620. The predicted molar refractivity (Wildman–Crippen MR) is 99.7 cm³/mol. The number of aryl methyl sites for hydroxylation is 1. The van der Waals surface area contributed by atoms with Gasteiger partial charge in [0.2, 0.25) is 0 Å². The van der Waals surface area contributed by atoms with E-state index in [9.17, 15) is 0 Å². The molecule has 0 aliphatic carbocycles. The standard InChI is InChI=1S/C21H29NO2/c1-16(2)12-13-22-14-19-6-5-7-20(23-4)21(19)24-15-18-10-8-17(3)9-11-18/h5-11,16,22H,12-15H2,1-4H3. The highest BCUT2D eigenvalue weighted by atomic mass is 16.5. The van der Waals surface area contributed by atoms with Gasteiger partial charge in [-0.3, -0.25) is 0 Å². The predicted octanol–water partition coefficient (Wildman–Crippen LogP) is 4.72. The van der Waals surface area contributed by atoms with Gasteiger partial charge in [-0.05, 0) is 37.4 Å². The van der Waals surface area contributed by atoms with Crippen LogP contribution in [0.2, 0.25) is 0 Å². The molecule has 1 N–H and O–H groups in total. The average molecular weight is 327 g/mol. The molecule has 0 aliphatic rings. The summed E-state index contributed by atoms with van der Waals surface area (Å²) in [5.41, 5.74) is 3.54. The summed E-state index contributed by atoms with van der Waals surface area (Å²) in [6.45, 7) is 8.90. The highest BCUT2D eigenvalue weighted by Gasteiger charge is 2.11. The Labute approximate surface area is 146 Å². The molecule has 0 aromatic heterocycles. The minimum atomic E-state index is 0.541. The van der Waals surface area contributed by atoms with E-state index in [0.717, 1.165) is 35.7 Å². The van der Waals surface area contributed by atoms with Crippen molar-refractivity contribution in [3.05, 3.63) is 59.2 Å². The van der Waals surface area contributed by atoms with E-state index in [0.29, 0.717) is 12.5 Å². The van der Waals surface area contributed by atoms with Crippen LogP contribution in [-0.4, -0.2) is 13.7 Å². The van der Waals surface area contributed by atoms with Crippen LogP contribution in [0.15, 0.2) is 42.5 Å². The van der Waals surface area contributed by atoms with Crippen molar-refractivity contribution >= 4 is 0 Å². The molecule has 3 nitrogen and oxygen atoms in total. The van der Waals surface area contributed by atoms with Crippen LogP contribution in [0.1, 0.15) is 37.0 Å². The zero-order valence-corrected chi connectivity index (χ0v) is 15.3. The number of ether oxygens (including phenoxy) is 2. The van der Waals surface area contributed by atoms with Crippen molar-refractivity contribution in [1.29, 1.82) is 0 Å². The molecule has 3 heteroatoms. The van der Waals surface area contributed by atoms with E-state index in [-0.39, 0.29) is 0 Å². The first kappa shape index (κ1) is 18.3. The summed E-state index contributed by atoms with van der Waals surface area (Å²) < 4.78 is 11.6. The van der Waals surface area contributed by atoms with Crippen molar-refractivity contribution in [2.45, 2.75) is 40.3 Å². The molecule has 130 valence electrons. The minimum Gasteiger partial charge on any atom is -0.493 e. The number of benzene rings is 2. The molecule has 24 heavy (non-hydrogen) atoms. The Hall–Kier alpha value is -2.00. The van der Waals surface area contributed by atoms with Crippen molar-refractivity contribution < 1.29 is 9.47 Å². The third-order valence-electron chi connectivity index (χ3n) is 4.00. The van der Waals surface area contributed by atoms with Crippen LogP contribution in [0.5, 0.6) is 11.5 Å². The first-order chi connectivity index (χ1) is 11.6. The summed E-state index contributed by atoms with van der Waals surface area (Å²) in [6, 6.07) is 14.5. The molecule has 2 aromatic rings. The molecule has 0 radical (unpaired) electrons. The third kappa shape index (κ3) is 5.57. The Kier molecular flexibility index (Phi) is 7.13. The molecule has 0 bridgehead atoms. The van der Waals surface area contributed by atoms with E-state index in [2.05, 4.69) is 56.4 Å². The fourth-order valence-electron chi connectivity index (χ4n) is 2.48. The molecule has 0 fully saturated rings. The van der Waals surface area contributed by atoms with Gasteiger partial charge in [-0.25, -0.2) is 0 Å². The third-order valence-corrected chi connectivity index (χ3v) is 4.00. The highest BCUT2D eigenvalue weighted by molar-refractivity contribution is 5.46. The molecule has 0 spiro atoms. The molecule has 0 heterocycles. The first-order valence-electron chi connectivity index (χ1n) is 8.65. The molecular formula is C21H29NO2. The summed E-state index contributed by atoms with van der Waals surface area (Å²) in [6.07, 6.45) is 1.17. The van der Waals surface area contributed by atoms with Crippen molar-refractivity contribution in [3.8, 4) is 11.5 Å². The quantitative estimate of drug-likeness (QED) is 0.676. The van der Waals surface area contributed by atoms with Crippen LogP contribution >= 0.6 is 0 Å². The van der Waals surface area contributed by atoms with Gasteiger partial charge < -0.3 is 14.8 Å². The van der Waals surface area contributed by atoms with E-state index in [1.807, 2.05) is 12.1 Å². The lowest BCUT2D eigenvalue weighted by atomic mass is 10.1. The van der Waals surface area contributed by atoms with Gasteiger partial charge in [0.15, 0.2) is 11.5 Å². The van der Waals surface area contributed by atoms with Crippen LogP contribution < -0.4 is 14.8 Å².